The Morgan fingerprint density at radius 2 is 1.89 bits per heavy atom. The SMILES string of the molecule is CCCNC(CCN(C)C)Cc1ccc(I)cc1. The molecule has 0 spiro atoms. The van der Waals surface area contributed by atoms with Crippen molar-refractivity contribution in [3.8, 4) is 0 Å². The number of nitrogens with zero attached hydrogens (tertiary/aromatic N) is 1. The van der Waals surface area contributed by atoms with Crippen molar-refractivity contribution in [2.45, 2.75) is 32.2 Å². The molecule has 18 heavy (non-hydrogen) atoms. The van der Waals surface area contributed by atoms with Gasteiger partial charge in [-0.3, -0.25) is 0 Å². The first-order valence-corrected chi connectivity index (χ1v) is 7.82. The van der Waals surface area contributed by atoms with Crippen molar-refractivity contribution in [1.29, 1.82) is 0 Å². The van der Waals surface area contributed by atoms with E-state index in [0.29, 0.717) is 6.04 Å². The van der Waals surface area contributed by atoms with Crippen LogP contribution in [0.5, 0.6) is 0 Å². The highest BCUT2D eigenvalue weighted by Gasteiger charge is 2.09. The summed E-state index contributed by atoms with van der Waals surface area (Å²) in [5.74, 6) is 0. The van der Waals surface area contributed by atoms with Gasteiger partial charge in [-0.2, -0.15) is 0 Å². The quantitative estimate of drug-likeness (QED) is 0.717. The summed E-state index contributed by atoms with van der Waals surface area (Å²) in [5, 5.41) is 3.66. The van der Waals surface area contributed by atoms with Gasteiger partial charge in [-0.25, -0.2) is 0 Å². The second kappa shape index (κ2) is 8.88. The van der Waals surface area contributed by atoms with E-state index in [4.69, 9.17) is 0 Å². The lowest BCUT2D eigenvalue weighted by Crippen LogP contribution is -2.34. The van der Waals surface area contributed by atoms with Crippen molar-refractivity contribution in [2.75, 3.05) is 27.2 Å². The predicted octanol–water partition coefficient (Wildman–Crippen LogP) is 3.15. The maximum atomic E-state index is 3.66. The van der Waals surface area contributed by atoms with Crippen molar-refractivity contribution in [1.82, 2.24) is 10.2 Å². The van der Waals surface area contributed by atoms with Gasteiger partial charge in [0.15, 0.2) is 0 Å². The van der Waals surface area contributed by atoms with E-state index in [0.717, 1.165) is 19.5 Å². The zero-order chi connectivity index (χ0) is 13.4. The molecule has 3 heteroatoms. The lowest BCUT2D eigenvalue weighted by atomic mass is 10.0. The minimum atomic E-state index is 0.590. The first-order chi connectivity index (χ1) is 8.61. The van der Waals surface area contributed by atoms with Gasteiger partial charge in [0.25, 0.3) is 0 Å². The second-order valence-electron chi connectivity index (χ2n) is 5.07. The number of benzene rings is 1. The van der Waals surface area contributed by atoms with Crippen LogP contribution in [-0.2, 0) is 6.42 Å². The zero-order valence-electron chi connectivity index (χ0n) is 11.7. The van der Waals surface area contributed by atoms with Crippen LogP contribution in [0.25, 0.3) is 0 Å². The van der Waals surface area contributed by atoms with Gasteiger partial charge in [0.2, 0.25) is 0 Å². The molecule has 1 atom stereocenters. The lowest BCUT2D eigenvalue weighted by molar-refractivity contribution is 0.356. The standard InChI is InChI=1S/C15H25IN2/c1-4-10-17-15(9-11-18(2)3)12-13-5-7-14(16)8-6-13/h5-8,15,17H,4,9-12H2,1-3H3. The molecule has 2 nitrogen and oxygen atoms in total. The molecule has 0 aromatic heterocycles. The Hall–Kier alpha value is -0.130. The molecule has 0 aliphatic rings. The van der Waals surface area contributed by atoms with E-state index < -0.39 is 0 Å². The second-order valence-corrected chi connectivity index (χ2v) is 6.32. The fraction of sp³-hybridized carbons (Fsp3) is 0.600. The van der Waals surface area contributed by atoms with Crippen LogP contribution in [0.4, 0.5) is 0 Å². The van der Waals surface area contributed by atoms with E-state index in [1.807, 2.05) is 0 Å². The minimum absolute atomic E-state index is 0.590. The molecule has 0 bridgehead atoms. The van der Waals surface area contributed by atoms with E-state index in [1.165, 1.54) is 22.0 Å². The summed E-state index contributed by atoms with van der Waals surface area (Å²) in [7, 11) is 4.28. The Labute approximate surface area is 125 Å². The van der Waals surface area contributed by atoms with Gasteiger partial charge >= 0.3 is 0 Å². The van der Waals surface area contributed by atoms with Crippen LogP contribution in [0.1, 0.15) is 25.3 Å². The average molecular weight is 360 g/mol. The van der Waals surface area contributed by atoms with Gasteiger partial charge in [0, 0.05) is 9.61 Å². The normalized spacial score (nSPS) is 12.9. The summed E-state index contributed by atoms with van der Waals surface area (Å²) < 4.78 is 1.31. The van der Waals surface area contributed by atoms with Gasteiger partial charge in [0.05, 0.1) is 0 Å². The molecule has 1 N–H and O–H groups in total. The van der Waals surface area contributed by atoms with E-state index >= 15 is 0 Å². The molecule has 0 fully saturated rings. The van der Waals surface area contributed by atoms with E-state index in [9.17, 15) is 0 Å². The van der Waals surface area contributed by atoms with Crippen LogP contribution in [0.15, 0.2) is 24.3 Å². The predicted molar refractivity (Wildman–Crippen MR) is 88.1 cm³/mol. The fourth-order valence-electron chi connectivity index (χ4n) is 1.94. The molecular weight excluding hydrogens is 335 g/mol. The van der Waals surface area contributed by atoms with E-state index in [2.05, 4.69) is 78.1 Å². The first kappa shape index (κ1) is 15.9. The molecule has 1 aromatic carbocycles. The molecule has 102 valence electrons. The van der Waals surface area contributed by atoms with Crippen molar-refractivity contribution in [3.05, 3.63) is 33.4 Å². The molecule has 0 saturated carbocycles. The molecule has 0 aliphatic carbocycles. The van der Waals surface area contributed by atoms with Gasteiger partial charge in [-0.05, 0) is 86.7 Å². The third-order valence-electron chi connectivity index (χ3n) is 3.00. The topological polar surface area (TPSA) is 15.3 Å². The highest BCUT2D eigenvalue weighted by molar-refractivity contribution is 14.1. The Kier molecular flexibility index (Phi) is 7.86. The highest BCUT2D eigenvalue weighted by Crippen LogP contribution is 2.10. The van der Waals surface area contributed by atoms with Crippen LogP contribution < -0.4 is 5.32 Å². The molecule has 1 rings (SSSR count). The largest absolute Gasteiger partial charge is 0.314 e. The Morgan fingerprint density at radius 1 is 1.22 bits per heavy atom. The number of hydrogen-bond acceptors (Lipinski definition) is 2. The summed E-state index contributed by atoms with van der Waals surface area (Å²) in [5.41, 5.74) is 1.43. The average Bonchev–Trinajstić information content (AvgIpc) is 2.35. The van der Waals surface area contributed by atoms with E-state index in [-0.39, 0.29) is 0 Å². The number of halogens is 1. The monoisotopic (exact) mass is 360 g/mol. The molecule has 0 saturated heterocycles. The van der Waals surface area contributed by atoms with Gasteiger partial charge in [-0.15, -0.1) is 0 Å². The Balaban J connectivity index is 2.50. The summed E-state index contributed by atoms with van der Waals surface area (Å²) in [6.07, 6.45) is 3.54. The summed E-state index contributed by atoms with van der Waals surface area (Å²) in [6, 6.07) is 9.47. The molecule has 1 aromatic rings. The van der Waals surface area contributed by atoms with Crippen LogP contribution in [0, 0.1) is 3.57 Å². The lowest BCUT2D eigenvalue weighted by Gasteiger charge is -2.20. The van der Waals surface area contributed by atoms with Crippen molar-refractivity contribution in [2.24, 2.45) is 0 Å². The van der Waals surface area contributed by atoms with E-state index in [1.54, 1.807) is 0 Å². The maximum absolute atomic E-state index is 3.66. The van der Waals surface area contributed by atoms with Crippen LogP contribution in [-0.4, -0.2) is 38.1 Å². The van der Waals surface area contributed by atoms with Crippen LogP contribution in [0.3, 0.4) is 0 Å². The summed E-state index contributed by atoms with van der Waals surface area (Å²) >= 11 is 2.36. The summed E-state index contributed by atoms with van der Waals surface area (Å²) in [4.78, 5) is 2.26. The summed E-state index contributed by atoms with van der Waals surface area (Å²) in [6.45, 7) is 4.48. The van der Waals surface area contributed by atoms with Crippen LogP contribution >= 0.6 is 22.6 Å². The van der Waals surface area contributed by atoms with Crippen LogP contribution in [0.2, 0.25) is 0 Å². The number of rotatable bonds is 8. The third-order valence-corrected chi connectivity index (χ3v) is 3.72. The molecule has 0 aliphatic heterocycles. The van der Waals surface area contributed by atoms with Gasteiger partial charge < -0.3 is 10.2 Å². The van der Waals surface area contributed by atoms with Gasteiger partial charge in [-0.1, -0.05) is 19.1 Å². The minimum Gasteiger partial charge on any atom is -0.314 e. The van der Waals surface area contributed by atoms with Crippen molar-refractivity contribution in [3.63, 3.8) is 0 Å². The fourth-order valence-corrected chi connectivity index (χ4v) is 2.30. The van der Waals surface area contributed by atoms with Crippen molar-refractivity contribution < 1.29 is 0 Å². The maximum Gasteiger partial charge on any atom is 0.0130 e. The Morgan fingerprint density at radius 3 is 2.44 bits per heavy atom. The number of nitrogens with one attached hydrogen (secondary N) is 1. The third kappa shape index (κ3) is 6.71. The molecule has 0 heterocycles. The van der Waals surface area contributed by atoms with Gasteiger partial charge in [0.1, 0.15) is 0 Å². The molecule has 0 amide bonds. The zero-order valence-corrected chi connectivity index (χ0v) is 13.9. The number of hydrogen-bond donors (Lipinski definition) is 1. The van der Waals surface area contributed by atoms with Crippen molar-refractivity contribution >= 4 is 22.6 Å². The highest BCUT2D eigenvalue weighted by atomic mass is 127. The smallest absolute Gasteiger partial charge is 0.0130 e. The Bertz CT molecular complexity index is 322. The first-order valence-electron chi connectivity index (χ1n) is 6.74. The molecule has 1 unspecified atom stereocenters. The molecular formula is C15H25IN2. The molecule has 0 radical (unpaired) electrons.